The van der Waals surface area contributed by atoms with Gasteiger partial charge in [0.2, 0.25) is 5.91 Å². The molecule has 9 heteroatoms. The van der Waals surface area contributed by atoms with E-state index in [0.29, 0.717) is 6.42 Å². The molecule has 2 aromatic rings. The van der Waals surface area contributed by atoms with E-state index in [2.05, 4.69) is 15.3 Å². The molecule has 0 aliphatic heterocycles. The van der Waals surface area contributed by atoms with Gasteiger partial charge in [0.15, 0.2) is 5.69 Å². The van der Waals surface area contributed by atoms with Gasteiger partial charge in [-0.15, -0.1) is 11.3 Å². The molecule has 0 aliphatic rings. The summed E-state index contributed by atoms with van der Waals surface area (Å²) in [5.74, 6) is -0.298. The molecule has 0 radical (unpaired) electrons. The van der Waals surface area contributed by atoms with E-state index < -0.39 is 24.0 Å². The van der Waals surface area contributed by atoms with Crippen LogP contribution in [0.4, 0.5) is 13.2 Å². The molecule has 2 rings (SSSR count). The van der Waals surface area contributed by atoms with Crippen molar-refractivity contribution in [1.29, 1.82) is 0 Å². The van der Waals surface area contributed by atoms with Crippen LogP contribution in [0.5, 0.6) is 0 Å². The van der Waals surface area contributed by atoms with Crippen molar-refractivity contribution >= 4 is 17.2 Å². The number of halogens is 3. The lowest BCUT2D eigenvalue weighted by Gasteiger charge is -2.18. The minimum atomic E-state index is -4.47. The van der Waals surface area contributed by atoms with Gasteiger partial charge in [-0.25, -0.2) is 9.97 Å². The topological polar surface area (TPSA) is 59.8 Å². The Labute approximate surface area is 129 Å². The third kappa shape index (κ3) is 3.65. The molecule has 2 heterocycles. The van der Waals surface area contributed by atoms with Gasteiger partial charge in [-0.2, -0.15) is 13.2 Å². The zero-order chi connectivity index (χ0) is 16.3. The van der Waals surface area contributed by atoms with Gasteiger partial charge >= 0.3 is 6.18 Å². The number of aromatic nitrogens is 3. The van der Waals surface area contributed by atoms with Crippen LogP contribution in [0, 0.1) is 0 Å². The Bertz CT molecular complexity index is 624. The van der Waals surface area contributed by atoms with Crippen molar-refractivity contribution in [3.63, 3.8) is 0 Å². The van der Waals surface area contributed by atoms with Crippen LogP contribution in [-0.4, -0.2) is 20.4 Å². The van der Waals surface area contributed by atoms with Crippen molar-refractivity contribution in [1.82, 2.24) is 19.9 Å². The SMILES string of the molecule is CC[C@@H](NC(=O)[C@@H](C)n1ccnc1)c1nc(C(F)(F)F)cs1. The molecule has 0 spiro atoms. The molecular weight excluding hydrogens is 317 g/mol. The van der Waals surface area contributed by atoms with Gasteiger partial charge < -0.3 is 9.88 Å². The molecule has 2 aromatic heterocycles. The number of thiazole rings is 1. The van der Waals surface area contributed by atoms with Crippen molar-refractivity contribution < 1.29 is 18.0 Å². The molecule has 0 fully saturated rings. The van der Waals surface area contributed by atoms with Crippen molar-refractivity contribution in [2.45, 2.75) is 38.5 Å². The number of alkyl halides is 3. The maximum Gasteiger partial charge on any atom is 0.434 e. The molecule has 0 bridgehead atoms. The zero-order valence-corrected chi connectivity index (χ0v) is 12.8. The van der Waals surface area contributed by atoms with E-state index in [1.807, 2.05) is 0 Å². The molecule has 1 N–H and O–H groups in total. The maximum atomic E-state index is 12.6. The second-order valence-electron chi connectivity index (χ2n) is 4.72. The molecule has 0 saturated carbocycles. The summed E-state index contributed by atoms with van der Waals surface area (Å²) in [5, 5.41) is 3.94. The number of imidazole rings is 1. The average Bonchev–Trinajstić information content (AvgIpc) is 3.13. The monoisotopic (exact) mass is 332 g/mol. The molecule has 5 nitrogen and oxygen atoms in total. The summed E-state index contributed by atoms with van der Waals surface area (Å²) in [5.41, 5.74) is -0.928. The first-order valence-corrected chi connectivity index (χ1v) is 7.51. The zero-order valence-electron chi connectivity index (χ0n) is 12.0. The van der Waals surface area contributed by atoms with Crippen LogP contribution in [0.2, 0.25) is 0 Å². The minimum Gasteiger partial charge on any atom is -0.345 e. The van der Waals surface area contributed by atoms with Gasteiger partial charge in [-0.1, -0.05) is 6.92 Å². The lowest BCUT2D eigenvalue weighted by molar-refractivity contribution is -0.140. The highest BCUT2D eigenvalue weighted by Crippen LogP contribution is 2.32. The van der Waals surface area contributed by atoms with E-state index in [1.165, 1.54) is 6.33 Å². The predicted octanol–water partition coefficient (Wildman–Crippen LogP) is 3.19. The molecule has 22 heavy (non-hydrogen) atoms. The summed E-state index contributed by atoms with van der Waals surface area (Å²) >= 11 is 0.895. The number of nitrogens with zero attached hydrogens (tertiary/aromatic N) is 3. The third-order valence-electron chi connectivity index (χ3n) is 3.19. The van der Waals surface area contributed by atoms with Crippen molar-refractivity contribution in [3.05, 3.63) is 34.8 Å². The van der Waals surface area contributed by atoms with Gasteiger partial charge in [0.25, 0.3) is 0 Å². The molecule has 120 valence electrons. The van der Waals surface area contributed by atoms with Gasteiger partial charge in [0, 0.05) is 17.8 Å². The van der Waals surface area contributed by atoms with Gasteiger partial charge in [-0.05, 0) is 13.3 Å². The maximum absolute atomic E-state index is 12.6. The van der Waals surface area contributed by atoms with Crippen LogP contribution in [0.25, 0.3) is 0 Å². The fraction of sp³-hybridized carbons (Fsp3) is 0.462. The van der Waals surface area contributed by atoms with Gasteiger partial charge in [-0.3, -0.25) is 4.79 Å². The number of hydrogen-bond acceptors (Lipinski definition) is 4. The molecule has 0 unspecified atom stereocenters. The Balaban J connectivity index is 2.09. The average molecular weight is 332 g/mol. The lowest BCUT2D eigenvalue weighted by Crippen LogP contribution is -2.33. The van der Waals surface area contributed by atoms with Crippen LogP contribution >= 0.6 is 11.3 Å². The van der Waals surface area contributed by atoms with Crippen molar-refractivity contribution in [2.24, 2.45) is 0 Å². The minimum absolute atomic E-state index is 0.251. The first-order chi connectivity index (χ1) is 10.3. The van der Waals surface area contributed by atoms with Crippen LogP contribution in [0.3, 0.4) is 0 Å². The Hall–Kier alpha value is -1.90. The third-order valence-corrected chi connectivity index (χ3v) is 4.15. The van der Waals surface area contributed by atoms with E-state index >= 15 is 0 Å². The number of rotatable bonds is 5. The standard InChI is InChI=1S/C13H15F3N4OS/c1-3-9(12-19-10(6-22-12)13(14,15)16)18-11(21)8(2)20-5-4-17-7-20/h4-9H,3H2,1-2H3,(H,18,21)/t8-,9-/m1/s1. The number of hydrogen-bond donors (Lipinski definition) is 1. The number of nitrogens with one attached hydrogen (secondary N) is 1. The number of amides is 1. The smallest absolute Gasteiger partial charge is 0.345 e. The van der Waals surface area contributed by atoms with Crippen molar-refractivity contribution in [3.8, 4) is 0 Å². The summed E-state index contributed by atoms with van der Waals surface area (Å²) in [6.07, 6.45) is 0.693. The summed E-state index contributed by atoms with van der Waals surface area (Å²) in [7, 11) is 0. The quantitative estimate of drug-likeness (QED) is 0.915. The second kappa shape index (κ2) is 6.47. The van der Waals surface area contributed by atoms with E-state index in [4.69, 9.17) is 0 Å². The highest BCUT2D eigenvalue weighted by molar-refractivity contribution is 7.09. The van der Waals surface area contributed by atoms with E-state index in [-0.39, 0.29) is 10.9 Å². The summed E-state index contributed by atoms with van der Waals surface area (Å²) < 4.78 is 39.4. The number of carbonyl (C=O) groups excluding carboxylic acids is 1. The van der Waals surface area contributed by atoms with E-state index in [0.717, 1.165) is 16.7 Å². The van der Waals surface area contributed by atoms with Gasteiger partial charge in [0.05, 0.1) is 12.4 Å². The first-order valence-electron chi connectivity index (χ1n) is 6.63. The van der Waals surface area contributed by atoms with Crippen LogP contribution in [0.1, 0.15) is 43.1 Å². The second-order valence-corrected chi connectivity index (χ2v) is 5.61. The fourth-order valence-corrected chi connectivity index (χ4v) is 2.80. The highest BCUT2D eigenvalue weighted by Gasteiger charge is 2.34. The molecule has 2 atom stereocenters. The van der Waals surface area contributed by atoms with E-state index in [9.17, 15) is 18.0 Å². The highest BCUT2D eigenvalue weighted by atomic mass is 32.1. The molecule has 0 aliphatic carbocycles. The molecular formula is C13H15F3N4OS. The predicted molar refractivity (Wildman–Crippen MR) is 75.2 cm³/mol. The van der Waals surface area contributed by atoms with E-state index in [1.54, 1.807) is 30.8 Å². The molecule has 0 aromatic carbocycles. The fourth-order valence-electron chi connectivity index (χ4n) is 1.84. The van der Waals surface area contributed by atoms with Crippen LogP contribution in [0.15, 0.2) is 24.1 Å². The van der Waals surface area contributed by atoms with Crippen LogP contribution < -0.4 is 5.32 Å². The van der Waals surface area contributed by atoms with Gasteiger partial charge in [0.1, 0.15) is 11.0 Å². The Morgan fingerprint density at radius 1 is 1.50 bits per heavy atom. The van der Waals surface area contributed by atoms with Crippen molar-refractivity contribution in [2.75, 3.05) is 0 Å². The Morgan fingerprint density at radius 3 is 2.73 bits per heavy atom. The normalized spacial score (nSPS) is 14.6. The Kier molecular flexibility index (Phi) is 4.84. The molecule has 0 saturated heterocycles. The Morgan fingerprint density at radius 2 is 2.23 bits per heavy atom. The largest absolute Gasteiger partial charge is 0.434 e. The summed E-state index contributed by atoms with van der Waals surface area (Å²) in [6.45, 7) is 3.47. The summed E-state index contributed by atoms with van der Waals surface area (Å²) in [4.78, 5) is 19.6. The summed E-state index contributed by atoms with van der Waals surface area (Å²) in [6, 6.07) is -1.04. The first kappa shape index (κ1) is 16.5. The lowest BCUT2D eigenvalue weighted by atomic mass is 10.2. The van der Waals surface area contributed by atoms with Crippen LogP contribution in [-0.2, 0) is 11.0 Å². The number of carbonyl (C=O) groups is 1. The molecule has 1 amide bonds.